The van der Waals surface area contributed by atoms with Crippen LogP contribution in [-0.2, 0) is 19.0 Å². The van der Waals surface area contributed by atoms with Crippen molar-refractivity contribution in [2.75, 3.05) is 18.6 Å². The maximum absolute atomic E-state index is 11.8. The van der Waals surface area contributed by atoms with Crippen LogP contribution in [0, 0.1) is 0 Å². The number of hydrogen-bond donors (Lipinski definition) is 4. The zero-order valence-electron chi connectivity index (χ0n) is 12.4. The SMILES string of the molecule is CS(=O)(=O)OC[C@@H]1O[C@@H](n2cnc3c(=O)[nH]c(N)nc32)[C@@H](O)[C@H]1O. The number of nitrogen functional groups attached to an aromatic ring is 1. The predicted octanol–water partition coefficient (Wildman–Crippen LogP) is -2.70. The van der Waals surface area contributed by atoms with Gasteiger partial charge in [-0.1, -0.05) is 0 Å². The zero-order valence-corrected chi connectivity index (χ0v) is 13.2. The van der Waals surface area contributed by atoms with E-state index in [0.29, 0.717) is 0 Å². The highest BCUT2D eigenvalue weighted by molar-refractivity contribution is 7.85. The quantitative estimate of drug-likeness (QED) is 0.418. The molecule has 1 saturated heterocycles. The summed E-state index contributed by atoms with van der Waals surface area (Å²) in [7, 11) is -3.74. The van der Waals surface area contributed by atoms with Crippen LogP contribution in [0.3, 0.4) is 0 Å². The number of aliphatic hydroxyl groups excluding tert-OH is 2. The van der Waals surface area contributed by atoms with Crippen LogP contribution in [0.5, 0.6) is 0 Å². The number of aromatic amines is 1. The lowest BCUT2D eigenvalue weighted by Gasteiger charge is -2.16. The van der Waals surface area contributed by atoms with Crippen molar-refractivity contribution in [3.8, 4) is 0 Å². The fraction of sp³-hybridized carbons (Fsp3) is 0.545. The minimum Gasteiger partial charge on any atom is -0.387 e. The first kappa shape index (κ1) is 16.8. The van der Waals surface area contributed by atoms with Crippen molar-refractivity contribution in [3.63, 3.8) is 0 Å². The number of H-pyrrole nitrogens is 1. The lowest BCUT2D eigenvalue weighted by Crippen LogP contribution is -2.34. The van der Waals surface area contributed by atoms with Gasteiger partial charge in [-0.05, 0) is 0 Å². The highest BCUT2D eigenvalue weighted by Gasteiger charge is 2.44. The highest BCUT2D eigenvalue weighted by atomic mass is 32.2. The van der Waals surface area contributed by atoms with Gasteiger partial charge in [0, 0.05) is 0 Å². The number of imidazole rings is 1. The fourth-order valence-electron chi connectivity index (χ4n) is 2.42. The van der Waals surface area contributed by atoms with Gasteiger partial charge in [-0.15, -0.1) is 0 Å². The first-order valence-electron chi connectivity index (χ1n) is 6.75. The molecule has 12 nitrogen and oxygen atoms in total. The van der Waals surface area contributed by atoms with Crippen LogP contribution in [-0.4, -0.2) is 69.3 Å². The van der Waals surface area contributed by atoms with E-state index < -0.39 is 46.8 Å². The second-order valence-corrected chi connectivity index (χ2v) is 6.95. The van der Waals surface area contributed by atoms with Crippen LogP contribution >= 0.6 is 0 Å². The minimum atomic E-state index is -3.74. The van der Waals surface area contributed by atoms with Gasteiger partial charge >= 0.3 is 0 Å². The van der Waals surface area contributed by atoms with Crippen LogP contribution in [0.15, 0.2) is 11.1 Å². The van der Waals surface area contributed by atoms with Gasteiger partial charge in [0.05, 0.1) is 19.2 Å². The van der Waals surface area contributed by atoms with Gasteiger partial charge in [0.15, 0.2) is 17.4 Å². The molecule has 0 amide bonds. The Labute approximate surface area is 135 Å². The zero-order chi connectivity index (χ0) is 17.6. The molecule has 3 rings (SSSR count). The third-order valence-corrected chi connectivity index (χ3v) is 4.07. The second-order valence-electron chi connectivity index (χ2n) is 5.31. The molecule has 0 bridgehead atoms. The van der Waals surface area contributed by atoms with Crippen molar-refractivity contribution in [1.82, 2.24) is 19.5 Å². The molecular formula is C11H15N5O7S. The summed E-state index contributed by atoms with van der Waals surface area (Å²) >= 11 is 0. The summed E-state index contributed by atoms with van der Waals surface area (Å²) in [5.74, 6) is -0.153. The summed E-state index contributed by atoms with van der Waals surface area (Å²) in [6.07, 6.45) is -3.02. The smallest absolute Gasteiger partial charge is 0.280 e. The number of aliphatic hydroxyl groups is 2. The third-order valence-electron chi connectivity index (χ3n) is 3.51. The Bertz CT molecular complexity index is 922. The molecule has 1 aliphatic heterocycles. The van der Waals surface area contributed by atoms with Crippen molar-refractivity contribution in [2.24, 2.45) is 0 Å². The lowest BCUT2D eigenvalue weighted by atomic mass is 10.1. The molecule has 24 heavy (non-hydrogen) atoms. The number of anilines is 1. The van der Waals surface area contributed by atoms with E-state index >= 15 is 0 Å². The Balaban J connectivity index is 1.91. The van der Waals surface area contributed by atoms with Crippen molar-refractivity contribution < 1.29 is 27.6 Å². The van der Waals surface area contributed by atoms with Gasteiger partial charge in [-0.25, -0.2) is 4.98 Å². The number of aromatic nitrogens is 4. The Morgan fingerprint density at radius 1 is 1.46 bits per heavy atom. The molecular weight excluding hydrogens is 346 g/mol. The van der Waals surface area contributed by atoms with Crippen LogP contribution in [0.2, 0.25) is 0 Å². The van der Waals surface area contributed by atoms with E-state index in [-0.39, 0.29) is 17.1 Å². The molecule has 5 N–H and O–H groups in total. The lowest BCUT2D eigenvalue weighted by molar-refractivity contribution is -0.0466. The average Bonchev–Trinajstić information content (AvgIpc) is 3.00. The number of ether oxygens (including phenoxy) is 1. The molecule has 132 valence electrons. The molecule has 2 aromatic heterocycles. The van der Waals surface area contributed by atoms with Crippen molar-refractivity contribution in [2.45, 2.75) is 24.5 Å². The number of fused-ring (bicyclic) bond motifs is 1. The normalized spacial score (nSPS) is 27.8. The molecule has 1 fully saturated rings. The Morgan fingerprint density at radius 2 is 2.17 bits per heavy atom. The summed E-state index contributed by atoms with van der Waals surface area (Å²) in [5, 5.41) is 20.2. The van der Waals surface area contributed by atoms with E-state index in [1.165, 1.54) is 10.9 Å². The fourth-order valence-corrected chi connectivity index (χ4v) is 2.80. The van der Waals surface area contributed by atoms with Gasteiger partial charge in [-0.2, -0.15) is 13.4 Å². The molecule has 0 aliphatic carbocycles. The summed E-state index contributed by atoms with van der Waals surface area (Å²) in [4.78, 5) is 21.8. The Hall–Kier alpha value is -2.06. The van der Waals surface area contributed by atoms with Crippen molar-refractivity contribution in [3.05, 3.63) is 16.7 Å². The van der Waals surface area contributed by atoms with Gasteiger partial charge in [0.2, 0.25) is 5.95 Å². The van der Waals surface area contributed by atoms with Gasteiger partial charge in [0.25, 0.3) is 15.7 Å². The Kier molecular flexibility index (Phi) is 4.05. The average molecular weight is 361 g/mol. The molecule has 0 saturated carbocycles. The molecule has 0 radical (unpaired) electrons. The van der Waals surface area contributed by atoms with Gasteiger partial charge in [0.1, 0.15) is 18.3 Å². The van der Waals surface area contributed by atoms with Crippen LogP contribution in [0.25, 0.3) is 11.2 Å². The molecule has 0 spiro atoms. The molecule has 3 heterocycles. The second kappa shape index (κ2) is 5.78. The maximum atomic E-state index is 11.8. The van der Waals surface area contributed by atoms with E-state index in [0.717, 1.165) is 6.26 Å². The summed E-state index contributed by atoms with van der Waals surface area (Å²) in [5.41, 5.74) is 4.95. The number of hydrogen-bond acceptors (Lipinski definition) is 10. The van der Waals surface area contributed by atoms with Gasteiger partial charge < -0.3 is 20.7 Å². The van der Waals surface area contributed by atoms with E-state index in [4.69, 9.17) is 10.5 Å². The standard InChI is InChI=1S/C11H15N5O7S/c1-24(20,21)22-2-4-6(17)7(18)10(23-4)16-3-13-5-8(16)14-11(12)15-9(5)19/h3-4,6-7,10,17-18H,2H2,1H3,(H3,12,14,15,19)/t4-,6-,7-,10+/m0/s1. The summed E-state index contributed by atoms with van der Waals surface area (Å²) in [6.45, 7) is -0.476. The van der Waals surface area contributed by atoms with E-state index in [2.05, 4.69) is 19.1 Å². The van der Waals surface area contributed by atoms with Crippen LogP contribution in [0.4, 0.5) is 5.95 Å². The monoisotopic (exact) mass is 361 g/mol. The number of rotatable bonds is 4. The van der Waals surface area contributed by atoms with Crippen molar-refractivity contribution >= 4 is 27.2 Å². The van der Waals surface area contributed by atoms with Crippen LogP contribution < -0.4 is 11.3 Å². The van der Waals surface area contributed by atoms with Gasteiger partial charge in [-0.3, -0.25) is 18.5 Å². The van der Waals surface area contributed by atoms with E-state index in [9.17, 15) is 23.4 Å². The van der Waals surface area contributed by atoms with E-state index in [1.807, 2.05) is 0 Å². The predicted molar refractivity (Wildman–Crippen MR) is 79.3 cm³/mol. The maximum Gasteiger partial charge on any atom is 0.280 e. The van der Waals surface area contributed by atoms with Crippen LogP contribution in [0.1, 0.15) is 6.23 Å². The minimum absolute atomic E-state index is 0.0228. The molecule has 1 aliphatic rings. The largest absolute Gasteiger partial charge is 0.387 e. The molecule has 0 aromatic carbocycles. The molecule has 0 unspecified atom stereocenters. The first-order chi connectivity index (χ1) is 11.2. The molecule has 13 heteroatoms. The molecule has 2 aromatic rings. The Morgan fingerprint density at radius 3 is 2.83 bits per heavy atom. The van der Waals surface area contributed by atoms with E-state index in [1.54, 1.807) is 0 Å². The number of nitrogens with one attached hydrogen (secondary N) is 1. The molecule has 4 atom stereocenters. The third kappa shape index (κ3) is 2.99. The highest BCUT2D eigenvalue weighted by Crippen LogP contribution is 2.31. The van der Waals surface area contributed by atoms with Crippen molar-refractivity contribution in [1.29, 1.82) is 0 Å². The number of nitrogens with two attached hydrogens (primary N) is 1. The first-order valence-corrected chi connectivity index (χ1v) is 8.57. The number of nitrogens with zero attached hydrogens (tertiary/aromatic N) is 3. The topological polar surface area (TPSA) is 183 Å². The summed E-state index contributed by atoms with van der Waals surface area (Å²) in [6, 6.07) is 0. The summed E-state index contributed by atoms with van der Waals surface area (Å²) < 4.78 is 33.3.